The summed E-state index contributed by atoms with van der Waals surface area (Å²) < 4.78 is 23.8. The SMILES string of the molecule is CNC(=S)N[C@H]1C[C@@H]1C(F)F. The van der Waals surface area contributed by atoms with Crippen molar-refractivity contribution >= 4 is 17.3 Å². The van der Waals surface area contributed by atoms with Crippen molar-refractivity contribution in [2.75, 3.05) is 7.05 Å². The van der Waals surface area contributed by atoms with Gasteiger partial charge in [-0.3, -0.25) is 0 Å². The minimum absolute atomic E-state index is 0.116. The molecule has 2 atom stereocenters. The zero-order valence-electron chi connectivity index (χ0n) is 6.10. The Morgan fingerprint density at radius 3 is 2.64 bits per heavy atom. The lowest BCUT2D eigenvalue weighted by atomic mass is 10.4. The molecule has 0 amide bonds. The van der Waals surface area contributed by atoms with Crippen molar-refractivity contribution in [1.82, 2.24) is 10.6 Å². The van der Waals surface area contributed by atoms with Gasteiger partial charge < -0.3 is 10.6 Å². The average molecular weight is 180 g/mol. The summed E-state index contributed by atoms with van der Waals surface area (Å²) in [6.45, 7) is 0. The van der Waals surface area contributed by atoms with Gasteiger partial charge in [0, 0.05) is 19.0 Å². The summed E-state index contributed by atoms with van der Waals surface area (Å²) in [4.78, 5) is 0. The Balaban J connectivity index is 2.18. The van der Waals surface area contributed by atoms with Crippen LogP contribution in [-0.4, -0.2) is 24.6 Å². The van der Waals surface area contributed by atoms with Gasteiger partial charge in [0.05, 0.1) is 0 Å². The lowest BCUT2D eigenvalue weighted by Crippen LogP contribution is -2.35. The molecule has 0 radical (unpaired) electrons. The normalized spacial score (nSPS) is 28.4. The summed E-state index contributed by atoms with van der Waals surface area (Å²) in [7, 11) is 1.66. The topological polar surface area (TPSA) is 24.1 Å². The van der Waals surface area contributed by atoms with Gasteiger partial charge in [0.2, 0.25) is 6.43 Å². The van der Waals surface area contributed by atoms with E-state index in [0.717, 1.165) is 0 Å². The number of alkyl halides is 2. The molecule has 0 spiro atoms. The maximum absolute atomic E-state index is 11.9. The molecule has 0 saturated heterocycles. The molecule has 5 heteroatoms. The lowest BCUT2D eigenvalue weighted by Gasteiger charge is -2.05. The smallest absolute Gasteiger partial charge is 0.243 e. The molecule has 0 aromatic carbocycles. The third-order valence-electron chi connectivity index (χ3n) is 1.71. The van der Waals surface area contributed by atoms with Gasteiger partial charge in [-0.25, -0.2) is 8.78 Å². The van der Waals surface area contributed by atoms with E-state index < -0.39 is 12.3 Å². The van der Waals surface area contributed by atoms with Crippen LogP contribution in [0.25, 0.3) is 0 Å². The molecule has 1 aliphatic rings. The zero-order valence-corrected chi connectivity index (χ0v) is 6.92. The van der Waals surface area contributed by atoms with E-state index in [-0.39, 0.29) is 6.04 Å². The van der Waals surface area contributed by atoms with E-state index in [1.54, 1.807) is 7.05 Å². The molecule has 0 bridgehead atoms. The van der Waals surface area contributed by atoms with Crippen LogP contribution in [0.5, 0.6) is 0 Å². The van der Waals surface area contributed by atoms with Gasteiger partial charge >= 0.3 is 0 Å². The molecular weight excluding hydrogens is 170 g/mol. The van der Waals surface area contributed by atoms with Crippen molar-refractivity contribution in [3.63, 3.8) is 0 Å². The van der Waals surface area contributed by atoms with Crippen molar-refractivity contribution in [1.29, 1.82) is 0 Å². The van der Waals surface area contributed by atoms with Crippen LogP contribution in [0.1, 0.15) is 6.42 Å². The zero-order chi connectivity index (χ0) is 8.43. The van der Waals surface area contributed by atoms with Gasteiger partial charge in [-0.1, -0.05) is 0 Å². The van der Waals surface area contributed by atoms with Crippen molar-refractivity contribution in [2.24, 2.45) is 5.92 Å². The molecule has 0 aliphatic heterocycles. The van der Waals surface area contributed by atoms with Crippen LogP contribution < -0.4 is 10.6 Å². The van der Waals surface area contributed by atoms with E-state index in [4.69, 9.17) is 12.2 Å². The number of halogens is 2. The maximum atomic E-state index is 11.9. The number of nitrogens with one attached hydrogen (secondary N) is 2. The van der Waals surface area contributed by atoms with E-state index in [1.807, 2.05) is 0 Å². The summed E-state index contributed by atoms with van der Waals surface area (Å²) in [5, 5.41) is 5.89. The summed E-state index contributed by atoms with van der Waals surface area (Å²) in [6, 6.07) is -0.116. The van der Waals surface area contributed by atoms with Crippen LogP contribution in [-0.2, 0) is 0 Å². The van der Waals surface area contributed by atoms with Crippen LogP contribution in [0.4, 0.5) is 8.78 Å². The fourth-order valence-electron chi connectivity index (χ4n) is 0.900. The number of thiocarbonyl (C=S) groups is 1. The Kier molecular flexibility index (Phi) is 2.59. The molecule has 0 heterocycles. The number of hydrogen-bond acceptors (Lipinski definition) is 1. The molecule has 2 nitrogen and oxygen atoms in total. The third kappa shape index (κ3) is 2.25. The standard InChI is InChI=1S/C6H10F2N2S/c1-9-6(11)10-4-2-3(4)5(7)8/h3-5H,2H2,1H3,(H2,9,10,11)/t3-,4-/m0/s1. The fraction of sp³-hybridized carbons (Fsp3) is 0.833. The van der Waals surface area contributed by atoms with Crippen molar-refractivity contribution in [3.8, 4) is 0 Å². The maximum Gasteiger partial charge on any atom is 0.243 e. The number of hydrogen-bond donors (Lipinski definition) is 2. The highest BCUT2D eigenvalue weighted by atomic mass is 32.1. The average Bonchev–Trinajstić information content (AvgIpc) is 2.67. The van der Waals surface area contributed by atoms with Gasteiger partial charge in [-0.05, 0) is 18.6 Å². The Morgan fingerprint density at radius 1 is 1.64 bits per heavy atom. The molecule has 1 aliphatic carbocycles. The van der Waals surface area contributed by atoms with Crippen LogP contribution in [0.2, 0.25) is 0 Å². The lowest BCUT2D eigenvalue weighted by molar-refractivity contribution is 0.120. The first-order valence-corrected chi connectivity index (χ1v) is 3.82. The molecule has 0 aromatic heterocycles. The van der Waals surface area contributed by atoms with E-state index in [0.29, 0.717) is 11.5 Å². The Hall–Kier alpha value is -0.450. The monoisotopic (exact) mass is 180 g/mol. The summed E-state index contributed by atoms with van der Waals surface area (Å²) in [5.74, 6) is -0.499. The second-order valence-corrected chi connectivity index (χ2v) is 2.97. The number of rotatable bonds is 2. The van der Waals surface area contributed by atoms with Crippen molar-refractivity contribution < 1.29 is 8.78 Å². The predicted molar refractivity (Wildman–Crippen MR) is 42.7 cm³/mol. The van der Waals surface area contributed by atoms with Gasteiger partial charge in [-0.15, -0.1) is 0 Å². The van der Waals surface area contributed by atoms with Crippen molar-refractivity contribution in [3.05, 3.63) is 0 Å². The van der Waals surface area contributed by atoms with E-state index in [2.05, 4.69) is 10.6 Å². The van der Waals surface area contributed by atoms with Crippen LogP contribution >= 0.6 is 12.2 Å². The quantitative estimate of drug-likeness (QED) is 0.613. The van der Waals surface area contributed by atoms with Crippen molar-refractivity contribution in [2.45, 2.75) is 18.9 Å². The van der Waals surface area contributed by atoms with Gasteiger partial charge in [0.25, 0.3) is 0 Å². The first-order chi connectivity index (χ1) is 5.15. The van der Waals surface area contributed by atoms with E-state index in [9.17, 15) is 8.78 Å². The Bertz CT molecular complexity index is 163. The van der Waals surface area contributed by atoms with E-state index in [1.165, 1.54) is 0 Å². The molecule has 0 aromatic rings. The second kappa shape index (κ2) is 3.30. The molecule has 1 fully saturated rings. The Morgan fingerprint density at radius 2 is 2.27 bits per heavy atom. The first-order valence-electron chi connectivity index (χ1n) is 3.41. The Labute approximate surface area is 69.3 Å². The third-order valence-corrected chi connectivity index (χ3v) is 2.03. The predicted octanol–water partition coefficient (Wildman–Crippen LogP) is 0.734. The molecule has 1 saturated carbocycles. The molecule has 1 rings (SSSR count). The molecule has 2 N–H and O–H groups in total. The summed E-state index contributed by atoms with van der Waals surface area (Å²) >= 11 is 4.74. The van der Waals surface area contributed by atoms with Crippen LogP contribution in [0.15, 0.2) is 0 Å². The van der Waals surface area contributed by atoms with Gasteiger partial charge in [0.1, 0.15) is 0 Å². The summed E-state index contributed by atoms with van der Waals surface area (Å²) in [6.07, 6.45) is -1.69. The minimum atomic E-state index is -2.22. The fourth-order valence-corrected chi connectivity index (χ4v) is 1.05. The molecule has 0 unspecified atom stereocenters. The molecule has 11 heavy (non-hydrogen) atoms. The minimum Gasteiger partial charge on any atom is -0.366 e. The largest absolute Gasteiger partial charge is 0.366 e. The first kappa shape index (κ1) is 8.64. The highest BCUT2D eigenvalue weighted by Gasteiger charge is 2.44. The second-order valence-electron chi connectivity index (χ2n) is 2.56. The van der Waals surface area contributed by atoms with Crippen LogP contribution in [0, 0.1) is 5.92 Å². The molecular formula is C6H10F2N2S. The highest BCUT2D eigenvalue weighted by Crippen LogP contribution is 2.35. The summed E-state index contributed by atoms with van der Waals surface area (Å²) in [5.41, 5.74) is 0. The van der Waals surface area contributed by atoms with Crippen LogP contribution in [0.3, 0.4) is 0 Å². The molecule has 64 valence electrons. The van der Waals surface area contributed by atoms with Gasteiger partial charge in [-0.2, -0.15) is 0 Å². The highest BCUT2D eigenvalue weighted by molar-refractivity contribution is 7.80. The van der Waals surface area contributed by atoms with Gasteiger partial charge in [0.15, 0.2) is 5.11 Å². The van der Waals surface area contributed by atoms with E-state index >= 15 is 0 Å².